The molecule has 0 spiro atoms. The standard InChI is InChI=1S/C27H27F3N4O3S/c1-32-12-14-33(15-13-32)18-24-25(34-11-5-10-23(26(34)31-24)27(28,29)30)19-6-3-7-20(16-19)37-21-8-4-9-22(17-21)38(2,35)36/h3-11,16-17H,12-15,18H2,1-2H3. The molecule has 0 N–H and O–H groups in total. The van der Waals surface area contributed by atoms with E-state index < -0.39 is 21.6 Å². The maximum Gasteiger partial charge on any atom is 0.419 e. The average molecular weight is 545 g/mol. The second-order valence-corrected chi connectivity index (χ2v) is 11.5. The molecule has 38 heavy (non-hydrogen) atoms. The van der Waals surface area contributed by atoms with Gasteiger partial charge in [-0.15, -0.1) is 0 Å². The van der Waals surface area contributed by atoms with Gasteiger partial charge < -0.3 is 9.64 Å². The van der Waals surface area contributed by atoms with Gasteiger partial charge in [-0.05, 0) is 49.5 Å². The van der Waals surface area contributed by atoms with Crippen LogP contribution in [0.4, 0.5) is 13.2 Å². The summed E-state index contributed by atoms with van der Waals surface area (Å²) in [7, 11) is -1.37. The molecular formula is C27H27F3N4O3S. The first-order valence-corrected chi connectivity index (χ1v) is 13.9. The van der Waals surface area contributed by atoms with Gasteiger partial charge in [0.25, 0.3) is 0 Å². The Bertz CT molecular complexity index is 1580. The van der Waals surface area contributed by atoms with Crippen LogP contribution in [0.5, 0.6) is 11.5 Å². The van der Waals surface area contributed by atoms with Crippen molar-refractivity contribution in [3.05, 3.63) is 78.1 Å². The molecule has 200 valence electrons. The molecule has 1 aliphatic rings. The number of fused-ring (bicyclic) bond motifs is 1. The summed E-state index contributed by atoms with van der Waals surface area (Å²) in [5.41, 5.74) is 0.794. The fraction of sp³-hybridized carbons (Fsp3) is 0.296. The molecule has 11 heteroatoms. The highest BCUT2D eigenvalue weighted by Crippen LogP contribution is 2.36. The predicted octanol–water partition coefficient (Wildman–Crippen LogP) is 4.96. The molecule has 2 aromatic heterocycles. The summed E-state index contributed by atoms with van der Waals surface area (Å²) in [6.07, 6.45) is -1.84. The van der Waals surface area contributed by atoms with Gasteiger partial charge >= 0.3 is 6.18 Å². The molecule has 1 fully saturated rings. The Balaban J connectivity index is 1.57. The Hall–Kier alpha value is -3.41. The number of alkyl halides is 3. The average Bonchev–Trinajstić information content (AvgIpc) is 3.22. The van der Waals surface area contributed by atoms with E-state index >= 15 is 0 Å². The summed E-state index contributed by atoms with van der Waals surface area (Å²) in [5, 5.41) is 0. The van der Waals surface area contributed by atoms with E-state index in [2.05, 4.69) is 14.8 Å². The van der Waals surface area contributed by atoms with E-state index in [0.29, 0.717) is 35.0 Å². The van der Waals surface area contributed by atoms with Crippen LogP contribution in [0.25, 0.3) is 16.9 Å². The van der Waals surface area contributed by atoms with E-state index in [9.17, 15) is 21.6 Å². The van der Waals surface area contributed by atoms with Crippen LogP contribution in [0.15, 0.2) is 71.8 Å². The third-order valence-corrected chi connectivity index (χ3v) is 7.68. The number of nitrogens with zero attached hydrogens (tertiary/aromatic N) is 4. The molecule has 0 unspecified atom stereocenters. The molecule has 3 heterocycles. The van der Waals surface area contributed by atoms with Gasteiger partial charge in [0.15, 0.2) is 9.84 Å². The van der Waals surface area contributed by atoms with Gasteiger partial charge in [0.05, 0.1) is 21.8 Å². The van der Waals surface area contributed by atoms with Gasteiger partial charge in [-0.2, -0.15) is 13.2 Å². The van der Waals surface area contributed by atoms with Crippen molar-refractivity contribution in [3.8, 4) is 22.8 Å². The smallest absolute Gasteiger partial charge is 0.419 e. The first kappa shape index (κ1) is 26.2. The first-order chi connectivity index (χ1) is 18.0. The summed E-state index contributed by atoms with van der Waals surface area (Å²) in [6.45, 7) is 3.72. The van der Waals surface area contributed by atoms with Crippen LogP contribution in [0.3, 0.4) is 0 Å². The summed E-state index contributed by atoms with van der Waals surface area (Å²) < 4.78 is 72.9. The van der Waals surface area contributed by atoms with Gasteiger partial charge in [0.1, 0.15) is 17.1 Å². The number of hydrogen-bond donors (Lipinski definition) is 0. The summed E-state index contributed by atoms with van der Waals surface area (Å²) >= 11 is 0. The predicted molar refractivity (Wildman–Crippen MR) is 138 cm³/mol. The summed E-state index contributed by atoms with van der Waals surface area (Å²) in [5.74, 6) is 0.751. The Morgan fingerprint density at radius 3 is 2.32 bits per heavy atom. The van der Waals surface area contributed by atoms with E-state index in [0.717, 1.165) is 38.5 Å². The molecule has 1 saturated heterocycles. The Morgan fingerprint density at radius 1 is 0.947 bits per heavy atom. The molecule has 0 atom stereocenters. The van der Waals surface area contributed by atoms with Crippen LogP contribution >= 0.6 is 0 Å². The van der Waals surface area contributed by atoms with E-state index in [-0.39, 0.29) is 10.5 Å². The number of likely N-dealkylation sites (N-methyl/N-ethyl adjacent to an activating group) is 1. The second kappa shape index (κ2) is 10.0. The monoisotopic (exact) mass is 544 g/mol. The second-order valence-electron chi connectivity index (χ2n) is 9.48. The normalized spacial score (nSPS) is 15.7. The molecule has 1 aliphatic heterocycles. The van der Waals surface area contributed by atoms with Crippen molar-refractivity contribution in [1.29, 1.82) is 0 Å². The van der Waals surface area contributed by atoms with Crippen molar-refractivity contribution in [2.24, 2.45) is 0 Å². The third kappa shape index (κ3) is 5.54. The van der Waals surface area contributed by atoms with E-state index in [1.807, 2.05) is 7.05 Å². The number of imidazole rings is 1. The van der Waals surface area contributed by atoms with Gasteiger partial charge in [-0.1, -0.05) is 18.2 Å². The SMILES string of the molecule is CN1CCN(Cc2nc3c(C(F)(F)F)cccn3c2-c2cccc(Oc3cccc(S(C)(=O)=O)c3)c2)CC1. The lowest BCUT2D eigenvalue weighted by Crippen LogP contribution is -2.44. The van der Waals surface area contributed by atoms with Crippen LogP contribution in [-0.4, -0.2) is 67.1 Å². The fourth-order valence-electron chi connectivity index (χ4n) is 4.58. The molecule has 0 radical (unpaired) electrons. The molecule has 0 bridgehead atoms. The van der Waals surface area contributed by atoms with Crippen LogP contribution in [0, 0.1) is 0 Å². The maximum absolute atomic E-state index is 13.9. The molecule has 4 aromatic rings. The molecule has 0 saturated carbocycles. The number of aromatic nitrogens is 2. The van der Waals surface area contributed by atoms with E-state index in [1.165, 1.54) is 22.6 Å². The maximum atomic E-state index is 13.9. The number of rotatable bonds is 6. The van der Waals surface area contributed by atoms with Gasteiger partial charge in [0.2, 0.25) is 0 Å². The molecule has 2 aromatic carbocycles. The number of sulfone groups is 1. The quantitative estimate of drug-likeness (QED) is 0.342. The number of benzene rings is 2. The van der Waals surface area contributed by atoms with Crippen molar-refractivity contribution in [1.82, 2.24) is 19.2 Å². The zero-order valence-corrected chi connectivity index (χ0v) is 21.8. The largest absolute Gasteiger partial charge is 0.457 e. The van der Waals surface area contributed by atoms with Gasteiger partial charge in [-0.3, -0.25) is 9.30 Å². The lowest BCUT2D eigenvalue weighted by atomic mass is 10.1. The lowest BCUT2D eigenvalue weighted by Gasteiger charge is -2.32. The van der Waals surface area contributed by atoms with Crippen molar-refractivity contribution < 1.29 is 26.3 Å². The number of piperazine rings is 1. The Labute approximate surface area is 219 Å². The van der Waals surface area contributed by atoms with Crippen LogP contribution in [-0.2, 0) is 22.6 Å². The molecule has 0 amide bonds. The number of pyridine rings is 1. The van der Waals surface area contributed by atoms with Crippen molar-refractivity contribution in [2.75, 3.05) is 39.5 Å². The third-order valence-electron chi connectivity index (χ3n) is 6.57. The minimum Gasteiger partial charge on any atom is -0.457 e. The fourth-order valence-corrected chi connectivity index (χ4v) is 5.24. The summed E-state index contributed by atoms with van der Waals surface area (Å²) in [6, 6.07) is 15.6. The van der Waals surface area contributed by atoms with Gasteiger partial charge in [-0.25, -0.2) is 13.4 Å². The van der Waals surface area contributed by atoms with E-state index in [4.69, 9.17) is 4.74 Å². The highest BCUT2D eigenvalue weighted by molar-refractivity contribution is 7.90. The van der Waals surface area contributed by atoms with E-state index in [1.54, 1.807) is 42.6 Å². The minimum absolute atomic E-state index is 0.127. The van der Waals surface area contributed by atoms with Crippen molar-refractivity contribution >= 4 is 15.5 Å². The number of halogens is 3. The molecule has 7 nitrogen and oxygen atoms in total. The van der Waals surface area contributed by atoms with Crippen LogP contribution in [0.1, 0.15) is 11.3 Å². The first-order valence-electron chi connectivity index (χ1n) is 12.1. The highest BCUT2D eigenvalue weighted by atomic mass is 32.2. The number of ether oxygens (including phenoxy) is 1. The zero-order chi connectivity index (χ0) is 27.1. The van der Waals surface area contributed by atoms with Crippen LogP contribution in [0.2, 0.25) is 0 Å². The molecular weight excluding hydrogens is 517 g/mol. The Kier molecular flexibility index (Phi) is 6.93. The minimum atomic E-state index is -4.55. The topological polar surface area (TPSA) is 67.2 Å². The molecule has 0 aliphatic carbocycles. The zero-order valence-electron chi connectivity index (χ0n) is 20.9. The van der Waals surface area contributed by atoms with Crippen LogP contribution < -0.4 is 4.74 Å². The van der Waals surface area contributed by atoms with Crippen molar-refractivity contribution in [2.45, 2.75) is 17.6 Å². The van der Waals surface area contributed by atoms with Gasteiger partial charge in [0, 0.05) is 50.7 Å². The van der Waals surface area contributed by atoms with Crippen molar-refractivity contribution in [3.63, 3.8) is 0 Å². The highest BCUT2D eigenvalue weighted by Gasteiger charge is 2.35. The summed E-state index contributed by atoms with van der Waals surface area (Å²) in [4.78, 5) is 9.03. The lowest BCUT2D eigenvalue weighted by molar-refractivity contribution is -0.136. The Morgan fingerprint density at radius 2 is 1.63 bits per heavy atom. The number of hydrogen-bond acceptors (Lipinski definition) is 6. The molecule has 5 rings (SSSR count).